The molecule has 4 heteroatoms. The van der Waals surface area contributed by atoms with Crippen LogP contribution >= 0.6 is 0 Å². The maximum atomic E-state index is 13.5. The van der Waals surface area contributed by atoms with Gasteiger partial charge in [0.1, 0.15) is 11.6 Å². The molecule has 0 radical (unpaired) electrons. The number of hydrogen-bond acceptors (Lipinski definition) is 3. The van der Waals surface area contributed by atoms with Crippen LogP contribution in [0.4, 0.5) is 4.39 Å². The summed E-state index contributed by atoms with van der Waals surface area (Å²) in [7, 11) is 1.57. The molecule has 3 nitrogen and oxygen atoms in total. The van der Waals surface area contributed by atoms with Crippen LogP contribution in [0.3, 0.4) is 0 Å². The first-order chi connectivity index (χ1) is 9.63. The van der Waals surface area contributed by atoms with Crippen molar-refractivity contribution in [3.63, 3.8) is 0 Å². The number of aryl methyl sites for hydroxylation is 1. The third-order valence-electron chi connectivity index (χ3n) is 3.29. The fourth-order valence-electron chi connectivity index (χ4n) is 2.31. The maximum absolute atomic E-state index is 13.5. The molecule has 2 aromatic rings. The van der Waals surface area contributed by atoms with E-state index in [0.717, 1.165) is 11.1 Å². The van der Waals surface area contributed by atoms with E-state index in [-0.39, 0.29) is 11.9 Å². The highest BCUT2D eigenvalue weighted by Gasteiger charge is 2.16. The second kappa shape index (κ2) is 6.50. The van der Waals surface area contributed by atoms with Crippen molar-refractivity contribution in [2.24, 2.45) is 5.84 Å². The van der Waals surface area contributed by atoms with E-state index in [0.29, 0.717) is 12.2 Å². The van der Waals surface area contributed by atoms with Crippen LogP contribution < -0.4 is 16.0 Å². The summed E-state index contributed by atoms with van der Waals surface area (Å²) in [5, 5.41) is 0. The zero-order chi connectivity index (χ0) is 14.5. The van der Waals surface area contributed by atoms with Gasteiger partial charge in [-0.3, -0.25) is 11.3 Å². The SMILES string of the molecule is COc1ccc(F)cc1C(Cc1cccc(C)c1)NN. The molecular weight excluding hydrogens is 255 g/mol. The van der Waals surface area contributed by atoms with Gasteiger partial charge in [-0.15, -0.1) is 0 Å². The van der Waals surface area contributed by atoms with Crippen LogP contribution in [0.5, 0.6) is 5.75 Å². The molecule has 106 valence electrons. The normalized spacial score (nSPS) is 12.2. The Hall–Kier alpha value is -1.91. The van der Waals surface area contributed by atoms with Crippen molar-refractivity contribution in [1.82, 2.24) is 5.43 Å². The average Bonchev–Trinajstić information content (AvgIpc) is 2.45. The lowest BCUT2D eigenvalue weighted by Gasteiger charge is -2.19. The van der Waals surface area contributed by atoms with E-state index in [1.165, 1.54) is 17.7 Å². The van der Waals surface area contributed by atoms with Crippen molar-refractivity contribution < 1.29 is 9.13 Å². The van der Waals surface area contributed by atoms with Gasteiger partial charge >= 0.3 is 0 Å². The van der Waals surface area contributed by atoms with Gasteiger partial charge in [-0.25, -0.2) is 4.39 Å². The van der Waals surface area contributed by atoms with Gasteiger partial charge in [0, 0.05) is 5.56 Å². The van der Waals surface area contributed by atoms with Crippen LogP contribution in [0.1, 0.15) is 22.7 Å². The Labute approximate surface area is 118 Å². The van der Waals surface area contributed by atoms with Crippen LogP contribution in [0.2, 0.25) is 0 Å². The second-order valence-corrected chi connectivity index (χ2v) is 4.80. The third kappa shape index (κ3) is 3.35. The van der Waals surface area contributed by atoms with E-state index in [1.54, 1.807) is 13.2 Å². The van der Waals surface area contributed by atoms with Crippen molar-refractivity contribution >= 4 is 0 Å². The van der Waals surface area contributed by atoms with Gasteiger partial charge in [-0.1, -0.05) is 29.8 Å². The fraction of sp³-hybridized carbons (Fsp3) is 0.250. The Balaban J connectivity index is 2.30. The summed E-state index contributed by atoms with van der Waals surface area (Å²) in [5.74, 6) is 5.96. The number of nitrogens with two attached hydrogens (primary N) is 1. The van der Waals surface area contributed by atoms with E-state index < -0.39 is 0 Å². The molecule has 0 aliphatic heterocycles. The lowest BCUT2D eigenvalue weighted by Crippen LogP contribution is -2.30. The largest absolute Gasteiger partial charge is 0.496 e. The molecule has 0 bridgehead atoms. The summed E-state index contributed by atoms with van der Waals surface area (Å²) < 4.78 is 18.7. The molecule has 1 atom stereocenters. The van der Waals surface area contributed by atoms with Crippen LogP contribution in [0.25, 0.3) is 0 Å². The number of rotatable bonds is 5. The van der Waals surface area contributed by atoms with Crippen molar-refractivity contribution in [3.05, 3.63) is 65.0 Å². The zero-order valence-corrected chi connectivity index (χ0v) is 11.7. The highest BCUT2D eigenvalue weighted by Crippen LogP contribution is 2.28. The molecule has 20 heavy (non-hydrogen) atoms. The number of hydrogen-bond donors (Lipinski definition) is 2. The molecule has 2 aromatic carbocycles. The summed E-state index contributed by atoms with van der Waals surface area (Å²) in [5.41, 5.74) is 5.78. The molecule has 0 aliphatic rings. The third-order valence-corrected chi connectivity index (χ3v) is 3.29. The lowest BCUT2D eigenvalue weighted by molar-refractivity contribution is 0.397. The molecular formula is C16H19FN2O. The quantitative estimate of drug-likeness (QED) is 0.651. The molecule has 0 spiro atoms. The first kappa shape index (κ1) is 14.5. The summed E-state index contributed by atoms with van der Waals surface area (Å²) in [4.78, 5) is 0. The second-order valence-electron chi connectivity index (χ2n) is 4.80. The van der Waals surface area contributed by atoms with E-state index in [4.69, 9.17) is 10.6 Å². The molecule has 2 rings (SSSR count). The fourth-order valence-corrected chi connectivity index (χ4v) is 2.31. The first-order valence-electron chi connectivity index (χ1n) is 6.49. The van der Waals surface area contributed by atoms with Crippen LogP contribution in [0.15, 0.2) is 42.5 Å². The monoisotopic (exact) mass is 274 g/mol. The molecule has 1 unspecified atom stereocenters. The highest BCUT2D eigenvalue weighted by atomic mass is 19.1. The van der Waals surface area contributed by atoms with Gasteiger partial charge in [-0.05, 0) is 37.1 Å². The van der Waals surface area contributed by atoms with Crippen LogP contribution in [-0.2, 0) is 6.42 Å². The minimum atomic E-state index is -0.301. The Kier molecular flexibility index (Phi) is 4.71. The molecule has 0 saturated carbocycles. The summed E-state index contributed by atoms with van der Waals surface area (Å²) in [6.45, 7) is 2.04. The topological polar surface area (TPSA) is 47.3 Å². The molecule has 0 fully saturated rings. The van der Waals surface area contributed by atoms with Gasteiger partial charge in [0.25, 0.3) is 0 Å². The Bertz CT molecular complexity index is 586. The number of halogens is 1. The number of benzene rings is 2. The highest BCUT2D eigenvalue weighted by molar-refractivity contribution is 5.37. The molecule has 0 saturated heterocycles. The summed E-state index contributed by atoms with van der Waals surface area (Å²) in [6, 6.07) is 12.4. The van der Waals surface area contributed by atoms with Crippen molar-refractivity contribution in [2.45, 2.75) is 19.4 Å². The maximum Gasteiger partial charge on any atom is 0.123 e. The van der Waals surface area contributed by atoms with E-state index in [2.05, 4.69) is 11.5 Å². The van der Waals surface area contributed by atoms with Gasteiger partial charge in [0.2, 0.25) is 0 Å². The summed E-state index contributed by atoms with van der Waals surface area (Å²) in [6.07, 6.45) is 0.665. The number of hydrazine groups is 1. The van der Waals surface area contributed by atoms with Crippen molar-refractivity contribution in [3.8, 4) is 5.75 Å². The lowest BCUT2D eigenvalue weighted by atomic mass is 9.97. The Morgan fingerprint density at radius 1 is 1.25 bits per heavy atom. The molecule has 3 N–H and O–H groups in total. The van der Waals surface area contributed by atoms with Gasteiger partial charge in [0.15, 0.2) is 0 Å². The number of ether oxygens (including phenoxy) is 1. The van der Waals surface area contributed by atoms with Gasteiger partial charge < -0.3 is 4.74 Å². The van der Waals surface area contributed by atoms with E-state index in [9.17, 15) is 4.39 Å². The molecule has 0 aliphatic carbocycles. The molecule has 0 amide bonds. The van der Waals surface area contributed by atoms with E-state index in [1.807, 2.05) is 25.1 Å². The zero-order valence-electron chi connectivity index (χ0n) is 11.7. The van der Waals surface area contributed by atoms with E-state index >= 15 is 0 Å². The smallest absolute Gasteiger partial charge is 0.123 e. The molecule has 0 heterocycles. The summed E-state index contributed by atoms with van der Waals surface area (Å²) >= 11 is 0. The van der Waals surface area contributed by atoms with Gasteiger partial charge in [-0.2, -0.15) is 0 Å². The Morgan fingerprint density at radius 3 is 2.70 bits per heavy atom. The standard InChI is InChI=1S/C16H19FN2O/c1-11-4-3-5-12(8-11)9-15(19-18)14-10-13(17)6-7-16(14)20-2/h3-8,10,15,19H,9,18H2,1-2H3. The molecule has 0 aromatic heterocycles. The van der Waals surface area contributed by atoms with Crippen molar-refractivity contribution in [1.29, 1.82) is 0 Å². The predicted octanol–water partition coefficient (Wildman–Crippen LogP) is 2.89. The number of methoxy groups -OCH3 is 1. The minimum Gasteiger partial charge on any atom is -0.496 e. The minimum absolute atomic E-state index is 0.206. The van der Waals surface area contributed by atoms with Crippen LogP contribution in [0, 0.1) is 12.7 Å². The number of nitrogens with one attached hydrogen (secondary N) is 1. The van der Waals surface area contributed by atoms with Crippen LogP contribution in [-0.4, -0.2) is 7.11 Å². The predicted molar refractivity (Wildman–Crippen MR) is 77.9 cm³/mol. The first-order valence-corrected chi connectivity index (χ1v) is 6.49. The van der Waals surface area contributed by atoms with Gasteiger partial charge in [0.05, 0.1) is 13.2 Å². The average molecular weight is 274 g/mol. The van der Waals surface area contributed by atoms with Crippen molar-refractivity contribution in [2.75, 3.05) is 7.11 Å². The Morgan fingerprint density at radius 2 is 2.05 bits per heavy atom.